The number of fused-ring (bicyclic) bond motifs is 1. The van der Waals surface area contributed by atoms with E-state index in [-0.39, 0.29) is 46.1 Å². The number of methoxy groups -OCH3 is 1. The van der Waals surface area contributed by atoms with E-state index in [1.807, 2.05) is 0 Å². The van der Waals surface area contributed by atoms with E-state index < -0.39 is 8.32 Å². The van der Waals surface area contributed by atoms with Crippen molar-refractivity contribution in [2.24, 2.45) is 23.7 Å². The van der Waals surface area contributed by atoms with E-state index in [2.05, 4.69) is 40.8 Å². The van der Waals surface area contributed by atoms with E-state index in [0.29, 0.717) is 6.42 Å². The Bertz CT molecular complexity index is 522. The highest BCUT2D eigenvalue weighted by molar-refractivity contribution is 6.74. The molecule has 2 rings (SSSR count). The zero-order valence-electron chi connectivity index (χ0n) is 16.6. The van der Waals surface area contributed by atoms with Gasteiger partial charge in [0.2, 0.25) is 0 Å². The van der Waals surface area contributed by atoms with Crippen molar-refractivity contribution in [3.05, 3.63) is 0 Å². The summed E-state index contributed by atoms with van der Waals surface area (Å²) in [6.07, 6.45) is 2.51. The fourth-order valence-electron chi connectivity index (χ4n) is 4.74. The van der Waals surface area contributed by atoms with Crippen molar-refractivity contribution in [2.45, 2.75) is 77.6 Å². The average Bonchev–Trinajstić information content (AvgIpc) is 2.97. The van der Waals surface area contributed by atoms with Crippen molar-refractivity contribution in [1.29, 1.82) is 0 Å². The molecule has 0 spiro atoms. The number of esters is 1. The van der Waals surface area contributed by atoms with Gasteiger partial charge in [0.1, 0.15) is 5.78 Å². The van der Waals surface area contributed by atoms with Crippen LogP contribution in [0.25, 0.3) is 0 Å². The minimum atomic E-state index is -1.96. The molecule has 5 heteroatoms. The molecular weight excluding hydrogens is 320 g/mol. The maximum Gasteiger partial charge on any atom is 0.309 e. The fraction of sp³-hybridized carbons (Fsp3) is 0.895. The van der Waals surface area contributed by atoms with Crippen molar-refractivity contribution in [2.75, 3.05) is 7.11 Å². The number of Topliss-reactive ketones (excluding diaryl/α,β-unsaturated/α-hetero) is 1. The maximum absolute atomic E-state index is 12.4. The van der Waals surface area contributed by atoms with Crippen LogP contribution in [0.3, 0.4) is 0 Å². The summed E-state index contributed by atoms with van der Waals surface area (Å²) in [6.45, 7) is 15.0. The Morgan fingerprint density at radius 1 is 1.12 bits per heavy atom. The SMILES string of the molecule is COC(=O)[C@H]1C[C@](C)(O[Si](C)(C)C(C)(C)C)[C@H]2CC[C@H](C(C)=O)[C@@H]12. The summed E-state index contributed by atoms with van der Waals surface area (Å²) in [6, 6.07) is 0. The first-order valence-corrected chi connectivity index (χ1v) is 12.0. The quantitative estimate of drug-likeness (QED) is 0.561. The Labute approximate surface area is 147 Å². The molecule has 0 unspecified atom stereocenters. The second-order valence-corrected chi connectivity index (χ2v) is 14.2. The number of ketones is 1. The molecule has 2 fully saturated rings. The summed E-state index contributed by atoms with van der Waals surface area (Å²) in [4.78, 5) is 24.5. The van der Waals surface area contributed by atoms with Gasteiger partial charge in [-0.3, -0.25) is 9.59 Å². The lowest BCUT2D eigenvalue weighted by atomic mass is 9.82. The van der Waals surface area contributed by atoms with Crippen LogP contribution >= 0.6 is 0 Å². The van der Waals surface area contributed by atoms with E-state index in [0.717, 1.165) is 12.8 Å². The highest BCUT2D eigenvalue weighted by atomic mass is 28.4. The summed E-state index contributed by atoms with van der Waals surface area (Å²) >= 11 is 0. The van der Waals surface area contributed by atoms with Gasteiger partial charge in [-0.05, 0) is 63.1 Å². The summed E-state index contributed by atoms with van der Waals surface area (Å²) in [5.41, 5.74) is -0.337. The van der Waals surface area contributed by atoms with Crippen molar-refractivity contribution >= 4 is 20.1 Å². The van der Waals surface area contributed by atoms with Gasteiger partial charge in [-0.1, -0.05) is 20.8 Å². The van der Waals surface area contributed by atoms with Crippen LogP contribution in [-0.2, 0) is 18.8 Å². The van der Waals surface area contributed by atoms with Gasteiger partial charge in [0, 0.05) is 5.92 Å². The molecular formula is C19H34O4Si. The molecule has 0 amide bonds. The lowest BCUT2D eigenvalue weighted by molar-refractivity contribution is -0.148. The second kappa shape index (κ2) is 6.24. The molecule has 0 aliphatic heterocycles. The number of ether oxygens (including phenoxy) is 1. The molecule has 5 atom stereocenters. The van der Waals surface area contributed by atoms with Crippen molar-refractivity contribution in [3.8, 4) is 0 Å². The van der Waals surface area contributed by atoms with Gasteiger partial charge in [-0.25, -0.2) is 0 Å². The minimum Gasteiger partial charge on any atom is -0.469 e. The van der Waals surface area contributed by atoms with Gasteiger partial charge < -0.3 is 9.16 Å². The van der Waals surface area contributed by atoms with Crippen molar-refractivity contribution in [3.63, 3.8) is 0 Å². The minimum absolute atomic E-state index is 0.0241. The molecule has 0 bridgehead atoms. The highest BCUT2D eigenvalue weighted by Gasteiger charge is 2.61. The largest absolute Gasteiger partial charge is 0.469 e. The molecule has 0 radical (unpaired) electrons. The Morgan fingerprint density at radius 3 is 2.17 bits per heavy atom. The lowest BCUT2D eigenvalue weighted by Crippen LogP contribution is -2.50. The van der Waals surface area contributed by atoms with Crippen molar-refractivity contribution in [1.82, 2.24) is 0 Å². The van der Waals surface area contributed by atoms with Gasteiger partial charge in [0.15, 0.2) is 8.32 Å². The average molecular weight is 355 g/mol. The zero-order valence-corrected chi connectivity index (χ0v) is 17.6. The Hall–Kier alpha value is -0.683. The summed E-state index contributed by atoms with van der Waals surface area (Å²) in [5, 5.41) is 0.118. The first-order chi connectivity index (χ1) is 10.8. The van der Waals surface area contributed by atoms with Crippen LogP contribution in [0.15, 0.2) is 0 Å². The van der Waals surface area contributed by atoms with Crippen LogP contribution in [-0.4, -0.2) is 32.8 Å². The zero-order chi connectivity index (χ0) is 18.5. The van der Waals surface area contributed by atoms with Gasteiger partial charge in [0.05, 0.1) is 18.6 Å². The summed E-state index contributed by atoms with van der Waals surface area (Å²) in [5.74, 6) is 0.123. The number of carbonyl (C=O) groups is 2. The third-order valence-electron chi connectivity index (χ3n) is 6.91. The third kappa shape index (κ3) is 3.21. The monoisotopic (exact) mass is 354 g/mol. The molecule has 138 valence electrons. The number of carbonyl (C=O) groups excluding carboxylic acids is 2. The molecule has 4 nitrogen and oxygen atoms in total. The third-order valence-corrected chi connectivity index (χ3v) is 11.5. The summed E-state index contributed by atoms with van der Waals surface area (Å²) in [7, 11) is -0.519. The number of hydrogen-bond donors (Lipinski definition) is 0. The molecule has 2 aliphatic rings. The van der Waals surface area contributed by atoms with Crippen LogP contribution in [0.4, 0.5) is 0 Å². The maximum atomic E-state index is 12.4. The van der Waals surface area contributed by atoms with Gasteiger partial charge in [-0.2, -0.15) is 0 Å². The predicted octanol–water partition coefficient (Wildman–Crippen LogP) is 4.19. The van der Waals surface area contributed by atoms with Crippen LogP contribution in [0, 0.1) is 23.7 Å². The van der Waals surface area contributed by atoms with Gasteiger partial charge in [-0.15, -0.1) is 0 Å². The van der Waals surface area contributed by atoms with Crippen LogP contribution < -0.4 is 0 Å². The van der Waals surface area contributed by atoms with Crippen LogP contribution in [0.1, 0.15) is 53.9 Å². The van der Waals surface area contributed by atoms with Crippen LogP contribution in [0.5, 0.6) is 0 Å². The summed E-state index contributed by atoms with van der Waals surface area (Å²) < 4.78 is 11.9. The molecule has 2 aliphatic carbocycles. The van der Waals surface area contributed by atoms with E-state index in [1.165, 1.54) is 7.11 Å². The molecule has 0 aromatic carbocycles. The highest BCUT2D eigenvalue weighted by Crippen LogP contribution is 2.59. The second-order valence-electron chi connectivity index (χ2n) is 9.49. The number of rotatable bonds is 4. The Morgan fingerprint density at radius 2 is 1.71 bits per heavy atom. The molecule has 0 saturated heterocycles. The van der Waals surface area contributed by atoms with E-state index in [1.54, 1.807) is 6.92 Å². The van der Waals surface area contributed by atoms with E-state index in [4.69, 9.17) is 9.16 Å². The first kappa shape index (κ1) is 19.6. The standard InChI is InChI=1S/C19H34O4Si/c1-12(20)13-9-10-15-16(13)14(17(21)22-6)11-19(15,5)23-24(7,8)18(2,3)4/h13-16H,9-11H2,1-8H3/t13-,14+,15+,16+,19+/m1/s1. The van der Waals surface area contributed by atoms with E-state index >= 15 is 0 Å². The first-order valence-electron chi connectivity index (χ1n) is 9.12. The van der Waals surface area contributed by atoms with E-state index in [9.17, 15) is 9.59 Å². The van der Waals surface area contributed by atoms with Crippen LogP contribution in [0.2, 0.25) is 18.1 Å². The van der Waals surface area contributed by atoms with Gasteiger partial charge in [0.25, 0.3) is 0 Å². The fourth-order valence-corrected chi connectivity index (χ4v) is 6.45. The lowest BCUT2D eigenvalue weighted by Gasteiger charge is -2.45. The Kier molecular flexibility index (Phi) is 5.11. The molecule has 0 aromatic rings. The van der Waals surface area contributed by atoms with Crippen molar-refractivity contribution < 1.29 is 18.8 Å². The molecule has 0 aromatic heterocycles. The molecule has 0 heterocycles. The molecule has 24 heavy (non-hydrogen) atoms. The topological polar surface area (TPSA) is 52.6 Å². The smallest absolute Gasteiger partial charge is 0.309 e. The molecule has 2 saturated carbocycles. The predicted molar refractivity (Wildman–Crippen MR) is 97.2 cm³/mol. The normalized spacial score (nSPS) is 36.5. The molecule has 0 N–H and O–H groups in total. The Balaban J connectivity index is 2.36. The number of hydrogen-bond acceptors (Lipinski definition) is 4. The van der Waals surface area contributed by atoms with Gasteiger partial charge >= 0.3 is 5.97 Å².